The Balaban J connectivity index is 1.69. The molecule has 2 aromatic rings. The number of hydrogen-bond donors (Lipinski definition) is 1. The van der Waals surface area contributed by atoms with Crippen LogP contribution in [-0.2, 0) is 14.4 Å². The van der Waals surface area contributed by atoms with Crippen molar-refractivity contribution in [3.05, 3.63) is 53.6 Å². The van der Waals surface area contributed by atoms with Crippen LogP contribution in [0.5, 0.6) is 17.2 Å². The minimum atomic E-state index is -1.43. The molecule has 10 heteroatoms. The Morgan fingerprint density at radius 3 is 2.70 bits per heavy atom. The molecule has 0 bridgehead atoms. The fourth-order valence-electron chi connectivity index (χ4n) is 2.94. The molecule has 2 heterocycles. The molecule has 0 atom stereocenters. The van der Waals surface area contributed by atoms with Gasteiger partial charge in [-0.3, -0.25) is 14.9 Å². The molecule has 2 aliphatic heterocycles. The number of ether oxygens (including phenoxy) is 3. The van der Waals surface area contributed by atoms with Crippen LogP contribution >= 0.6 is 0 Å². The maximum absolute atomic E-state index is 13.0. The number of para-hydroxylation sites is 1. The number of hydrogen-bond acceptors (Lipinski definition) is 8. The number of barbiturate groups is 1. The summed E-state index contributed by atoms with van der Waals surface area (Å²) in [7, 11) is 0. The lowest BCUT2D eigenvalue weighted by atomic mass is 10.1. The Bertz CT molecular complexity index is 1110. The van der Waals surface area contributed by atoms with Gasteiger partial charge in [0.25, 0.3) is 11.8 Å². The van der Waals surface area contributed by atoms with Crippen molar-refractivity contribution >= 4 is 35.6 Å². The average molecular weight is 409 g/mol. The minimum Gasteiger partial charge on any atom is -0.546 e. The van der Waals surface area contributed by atoms with E-state index < -0.39 is 30.4 Å². The maximum atomic E-state index is 13.0. The smallest absolute Gasteiger partial charge is 0.335 e. The Morgan fingerprint density at radius 1 is 1.13 bits per heavy atom. The van der Waals surface area contributed by atoms with Crippen LogP contribution in [0.15, 0.2) is 48.0 Å². The van der Waals surface area contributed by atoms with Gasteiger partial charge in [0.05, 0.1) is 11.7 Å². The zero-order valence-corrected chi connectivity index (χ0v) is 15.2. The van der Waals surface area contributed by atoms with E-state index in [1.54, 1.807) is 18.2 Å². The van der Waals surface area contributed by atoms with E-state index in [4.69, 9.17) is 14.2 Å². The van der Waals surface area contributed by atoms with Crippen LogP contribution in [-0.4, -0.2) is 37.2 Å². The number of amides is 4. The second kappa shape index (κ2) is 7.59. The highest BCUT2D eigenvalue weighted by atomic mass is 16.7. The van der Waals surface area contributed by atoms with E-state index in [0.29, 0.717) is 11.5 Å². The predicted octanol–water partition coefficient (Wildman–Crippen LogP) is 0.210. The summed E-state index contributed by atoms with van der Waals surface area (Å²) in [6.45, 7) is -0.687. The van der Waals surface area contributed by atoms with Gasteiger partial charge in [-0.15, -0.1) is 0 Å². The number of carboxylic acid groups (broad SMARTS) is 1. The van der Waals surface area contributed by atoms with Crippen molar-refractivity contribution in [1.82, 2.24) is 5.32 Å². The molecule has 1 N–H and O–H groups in total. The summed E-state index contributed by atoms with van der Waals surface area (Å²) < 4.78 is 15.6. The fourth-order valence-corrected chi connectivity index (χ4v) is 2.94. The van der Waals surface area contributed by atoms with Crippen LogP contribution in [0.25, 0.3) is 6.08 Å². The molecule has 2 aromatic carbocycles. The Kier molecular flexibility index (Phi) is 4.80. The standard InChI is InChI=1S/C20H14N2O8/c23-17(24)9-28-14-4-2-1-3-11(14)7-13-18(25)21-20(27)22(19(13)26)12-5-6-15-16(8-12)30-10-29-15/h1-8H,9-10H2,(H,23,24)(H,21,25,27)/p-1/b13-7+. The lowest BCUT2D eigenvalue weighted by Crippen LogP contribution is -2.54. The van der Waals surface area contributed by atoms with Gasteiger partial charge in [-0.25, -0.2) is 9.69 Å². The van der Waals surface area contributed by atoms with Crippen molar-refractivity contribution in [3.63, 3.8) is 0 Å². The first-order valence-electron chi connectivity index (χ1n) is 8.67. The number of imide groups is 2. The molecule has 1 saturated heterocycles. The number of carboxylic acids is 1. The molecule has 0 aliphatic carbocycles. The van der Waals surface area contributed by atoms with Crippen molar-refractivity contribution in [1.29, 1.82) is 0 Å². The van der Waals surface area contributed by atoms with E-state index in [-0.39, 0.29) is 29.4 Å². The molecule has 0 unspecified atom stereocenters. The van der Waals surface area contributed by atoms with Gasteiger partial charge in [0.2, 0.25) is 6.79 Å². The second-order valence-corrected chi connectivity index (χ2v) is 6.19. The van der Waals surface area contributed by atoms with Crippen LogP contribution in [0.3, 0.4) is 0 Å². The largest absolute Gasteiger partial charge is 0.546 e. The van der Waals surface area contributed by atoms with Crippen LogP contribution in [0.2, 0.25) is 0 Å². The zero-order valence-electron chi connectivity index (χ0n) is 15.2. The SMILES string of the molecule is O=C([O-])COc1ccccc1/C=C1\C(=O)NC(=O)N(c2ccc3c(c2)OCO3)C1=O. The second-order valence-electron chi connectivity index (χ2n) is 6.19. The highest BCUT2D eigenvalue weighted by molar-refractivity contribution is 6.39. The summed E-state index contributed by atoms with van der Waals surface area (Å²) in [6, 6.07) is 9.77. The Hall–Kier alpha value is -4.34. The number of aliphatic carboxylic acids is 1. The van der Waals surface area contributed by atoms with Crippen LogP contribution in [0.1, 0.15) is 5.56 Å². The van der Waals surface area contributed by atoms with Crippen molar-refractivity contribution in [2.75, 3.05) is 18.3 Å². The average Bonchev–Trinajstić information content (AvgIpc) is 3.18. The van der Waals surface area contributed by atoms with E-state index in [1.165, 1.54) is 30.3 Å². The summed E-state index contributed by atoms with van der Waals surface area (Å²) in [6.07, 6.45) is 1.22. The predicted molar refractivity (Wildman–Crippen MR) is 98.5 cm³/mol. The monoisotopic (exact) mass is 409 g/mol. The summed E-state index contributed by atoms with van der Waals surface area (Å²) in [5.74, 6) is -2.23. The highest BCUT2D eigenvalue weighted by Gasteiger charge is 2.37. The molecule has 30 heavy (non-hydrogen) atoms. The van der Waals surface area contributed by atoms with Gasteiger partial charge >= 0.3 is 6.03 Å². The molecule has 4 amide bonds. The van der Waals surface area contributed by atoms with E-state index in [2.05, 4.69) is 5.32 Å². The van der Waals surface area contributed by atoms with Crippen LogP contribution in [0, 0.1) is 0 Å². The molecular formula is C20H13N2O8-. The quantitative estimate of drug-likeness (QED) is 0.547. The first-order valence-corrected chi connectivity index (χ1v) is 8.67. The Morgan fingerprint density at radius 2 is 1.90 bits per heavy atom. The number of anilines is 1. The number of urea groups is 1. The van der Waals surface area contributed by atoms with Crippen molar-refractivity contribution < 1.29 is 38.5 Å². The number of carbonyl (C=O) groups is 4. The van der Waals surface area contributed by atoms with Gasteiger partial charge in [0, 0.05) is 11.6 Å². The first-order chi connectivity index (χ1) is 14.4. The van der Waals surface area contributed by atoms with Crippen LogP contribution < -0.4 is 29.5 Å². The molecule has 4 rings (SSSR count). The third kappa shape index (κ3) is 3.53. The third-order valence-electron chi connectivity index (χ3n) is 4.28. The number of rotatable bonds is 5. The van der Waals surface area contributed by atoms with E-state index >= 15 is 0 Å². The number of benzene rings is 2. The van der Waals surface area contributed by atoms with Gasteiger partial charge < -0.3 is 24.1 Å². The lowest BCUT2D eigenvalue weighted by Gasteiger charge is -2.26. The van der Waals surface area contributed by atoms with Gasteiger partial charge in [0.15, 0.2) is 11.5 Å². The number of carbonyl (C=O) groups excluding carboxylic acids is 4. The molecule has 1 fully saturated rings. The molecule has 10 nitrogen and oxygen atoms in total. The van der Waals surface area contributed by atoms with E-state index in [9.17, 15) is 24.3 Å². The normalized spacial score (nSPS) is 16.6. The van der Waals surface area contributed by atoms with Gasteiger partial charge in [-0.2, -0.15) is 0 Å². The molecule has 152 valence electrons. The first kappa shape index (κ1) is 19.0. The summed E-state index contributed by atoms with van der Waals surface area (Å²) in [5.41, 5.74) is 0.121. The molecule has 2 aliphatic rings. The van der Waals surface area contributed by atoms with E-state index in [1.807, 2.05) is 0 Å². The summed E-state index contributed by atoms with van der Waals surface area (Å²) >= 11 is 0. The zero-order chi connectivity index (χ0) is 21.3. The van der Waals surface area contributed by atoms with Gasteiger partial charge in [-0.1, -0.05) is 18.2 Å². The molecular weight excluding hydrogens is 396 g/mol. The lowest BCUT2D eigenvalue weighted by molar-refractivity contribution is -0.307. The highest BCUT2D eigenvalue weighted by Crippen LogP contribution is 2.36. The fraction of sp³-hybridized carbons (Fsp3) is 0.100. The minimum absolute atomic E-state index is 0.0191. The molecule has 0 saturated carbocycles. The van der Waals surface area contributed by atoms with Gasteiger partial charge in [0.1, 0.15) is 17.9 Å². The van der Waals surface area contributed by atoms with Crippen molar-refractivity contribution in [2.24, 2.45) is 0 Å². The van der Waals surface area contributed by atoms with Crippen LogP contribution in [0.4, 0.5) is 10.5 Å². The maximum Gasteiger partial charge on any atom is 0.335 e. The Labute approximate surface area is 169 Å². The molecule has 0 radical (unpaired) electrons. The molecule has 0 spiro atoms. The number of nitrogens with one attached hydrogen (secondary N) is 1. The van der Waals surface area contributed by atoms with Crippen molar-refractivity contribution in [2.45, 2.75) is 0 Å². The number of fused-ring (bicyclic) bond motifs is 1. The topological polar surface area (TPSA) is 134 Å². The third-order valence-corrected chi connectivity index (χ3v) is 4.28. The molecule has 0 aromatic heterocycles. The number of nitrogens with zero attached hydrogens (tertiary/aromatic N) is 1. The van der Waals surface area contributed by atoms with Gasteiger partial charge in [-0.05, 0) is 24.3 Å². The summed E-state index contributed by atoms with van der Waals surface area (Å²) in [5, 5.41) is 12.8. The summed E-state index contributed by atoms with van der Waals surface area (Å²) in [4.78, 5) is 49.1. The van der Waals surface area contributed by atoms with Crippen molar-refractivity contribution in [3.8, 4) is 17.2 Å². The van der Waals surface area contributed by atoms with E-state index in [0.717, 1.165) is 4.90 Å².